The van der Waals surface area contributed by atoms with Crippen LogP contribution in [0.1, 0.15) is 18.4 Å². The van der Waals surface area contributed by atoms with Crippen molar-refractivity contribution in [1.82, 2.24) is 4.31 Å². The lowest BCUT2D eigenvalue weighted by atomic mass is 10.2. The van der Waals surface area contributed by atoms with Gasteiger partial charge in [0.15, 0.2) is 0 Å². The molecule has 7 heteroatoms. The highest BCUT2D eigenvalue weighted by atomic mass is 32.2. The van der Waals surface area contributed by atoms with E-state index in [1.165, 1.54) is 13.2 Å². The number of ether oxygens (including phenoxy) is 1. The van der Waals surface area contributed by atoms with E-state index >= 15 is 0 Å². The number of carbonyl (C=O) groups is 1. The van der Waals surface area contributed by atoms with Gasteiger partial charge in [0.25, 0.3) is 0 Å². The molecule has 0 atom stereocenters. The van der Waals surface area contributed by atoms with Gasteiger partial charge in [-0.05, 0) is 31.4 Å². The third-order valence-electron chi connectivity index (χ3n) is 3.23. The van der Waals surface area contributed by atoms with Gasteiger partial charge in [0, 0.05) is 12.1 Å². The van der Waals surface area contributed by atoms with E-state index in [2.05, 4.69) is 0 Å². The van der Waals surface area contributed by atoms with Crippen LogP contribution in [-0.4, -0.2) is 43.5 Å². The summed E-state index contributed by atoms with van der Waals surface area (Å²) in [4.78, 5) is 11.0. The van der Waals surface area contributed by atoms with Crippen LogP contribution >= 0.6 is 0 Å². The van der Waals surface area contributed by atoms with Crippen molar-refractivity contribution in [3.05, 3.63) is 23.8 Å². The number of sulfonamides is 1. The Morgan fingerprint density at radius 3 is 2.60 bits per heavy atom. The highest BCUT2D eigenvalue weighted by Gasteiger charge is 2.39. The van der Waals surface area contributed by atoms with Crippen LogP contribution in [-0.2, 0) is 14.8 Å². The van der Waals surface area contributed by atoms with Crippen LogP contribution < -0.4 is 4.74 Å². The molecule has 0 unspecified atom stereocenters. The van der Waals surface area contributed by atoms with Gasteiger partial charge in [-0.1, -0.05) is 6.07 Å². The minimum Gasteiger partial charge on any atom is -0.497 e. The first-order valence-corrected chi connectivity index (χ1v) is 7.68. The van der Waals surface area contributed by atoms with Crippen LogP contribution in [0.25, 0.3) is 0 Å². The number of benzene rings is 1. The molecule has 1 aromatic rings. The molecule has 0 amide bonds. The number of methoxy groups -OCH3 is 1. The predicted molar refractivity (Wildman–Crippen MR) is 72.3 cm³/mol. The van der Waals surface area contributed by atoms with Gasteiger partial charge < -0.3 is 9.84 Å². The molecule has 0 aliphatic heterocycles. The van der Waals surface area contributed by atoms with E-state index in [1.807, 2.05) is 0 Å². The molecule has 6 nitrogen and oxygen atoms in total. The SMILES string of the molecule is COc1ccc(C)c(S(=O)(=O)N(CC(=O)O)C2CC2)c1. The molecule has 0 heterocycles. The lowest BCUT2D eigenvalue weighted by molar-refractivity contribution is -0.137. The number of carboxylic acid groups (broad SMARTS) is 1. The second-order valence-electron chi connectivity index (χ2n) is 4.81. The van der Waals surface area contributed by atoms with Crippen molar-refractivity contribution in [1.29, 1.82) is 0 Å². The summed E-state index contributed by atoms with van der Waals surface area (Å²) in [6.45, 7) is 1.17. The summed E-state index contributed by atoms with van der Waals surface area (Å²) in [5.41, 5.74) is 0.571. The normalized spacial score (nSPS) is 15.3. The van der Waals surface area contributed by atoms with Crippen LogP contribution in [0.4, 0.5) is 0 Å². The molecule has 1 saturated carbocycles. The maximum Gasteiger partial charge on any atom is 0.318 e. The number of hydrogen-bond donors (Lipinski definition) is 1. The molecule has 1 aromatic carbocycles. The smallest absolute Gasteiger partial charge is 0.318 e. The quantitative estimate of drug-likeness (QED) is 0.854. The van der Waals surface area contributed by atoms with Crippen LogP contribution in [0, 0.1) is 6.92 Å². The van der Waals surface area contributed by atoms with E-state index in [4.69, 9.17) is 9.84 Å². The second-order valence-corrected chi connectivity index (χ2v) is 6.67. The Morgan fingerprint density at radius 2 is 2.10 bits per heavy atom. The maximum absolute atomic E-state index is 12.6. The number of rotatable bonds is 6. The molecule has 0 saturated heterocycles. The van der Waals surface area contributed by atoms with E-state index < -0.39 is 22.5 Å². The van der Waals surface area contributed by atoms with Crippen LogP contribution in [0.15, 0.2) is 23.1 Å². The molecule has 110 valence electrons. The van der Waals surface area contributed by atoms with Crippen LogP contribution in [0.2, 0.25) is 0 Å². The Bertz CT molecular complexity index is 622. The zero-order chi connectivity index (χ0) is 14.9. The Balaban J connectivity index is 2.44. The van der Waals surface area contributed by atoms with Crippen molar-refractivity contribution in [2.24, 2.45) is 0 Å². The molecule has 0 spiro atoms. The first-order valence-electron chi connectivity index (χ1n) is 6.24. The Hall–Kier alpha value is -1.60. The Kier molecular flexibility index (Phi) is 4.01. The third kappa shape index (κ3) is 2.94. The van der Waals surface area contributed by atoms with Gasteiger partial charge in [-0.15, -0.1) is 0 Å². The molecule has 0 bridgehead atoms. The van der Waals surface area contributed by atoms with E-state index in [0.29, 0.717) is 24.2 Å². The van der Waals surface area contributed by atoms with Gasteiger partial charge in [0.2, 0.25) is 10.0 Å². The standard InChI is InChI=1S/C13H17NO5S/c1-9-3-6-11(19-2)7-12(9)20(17,18)14(8-13(15)16)10-4-5-10/h3,6-7,10H,4-5,8H2,1-2H3,(H,15,16). The highest BCUT2D eigenvalue weighted by molar-refractivity contribution is 7.89. The fourth-order valence-corrected chi connectivity index (χ4v) is 3.89. The van der Waals surface area contributed by atoms with Gasteiger partial charge in [0.1, 0.15) is 12.3 Å². The second kappa shape index (κ2) is 5.41. The summed E-state index contributed by atoms with van der Waals surface area (Å²) >= 11 is 0. The first kappa shape index (κ1) is 14.8. The number of carboxylic acids is 1. The summed E-state index contributed by atoms with van der Waals surface area (Å²) in [6, 6.07) is 4.55. The minimum absolute atomic E-state index is 0.102. The summed E-state index contributed by atoms with van der Waals surface area (Å²) in [7, 11) is -2.37. The number of hydrogen-bond acceptors (Lipinski definition) is 4. The molecule has 1 fully saturated rings. The van der Waals surface area contributed by atoms with Crippen molar-refractivity contribution < 1.29 is 23.1 Å². The lowest BCUT2D eigenvalue weighted by Crippen LogP contribution is -2.37. The van der Waals surface area contributed by atoms with E-state index in [1.54, 1.807) is 19.1 Å². The number of aryl methyl sites for hydroxylation is 1. The Labute approximate surface area is 118 Å². The summed E-state index contributed by atoms with van der Waals surface area (Å²) in [5, 5.41) is 8.91. The van der Waals surface area contributed by atoms with Gasteiger partial charge in [-0.2, -0.15) is 4.31 Å². The van der Waals surface area contributed by atoms with E-state index in [9.17, 15) is 13.2 Å². The zero-order valence-electron chi connectivity index (χ0n) is 11.4. The number of aliphatic carboxylic acids is 1. The van der Waals surface area contributed by atoms with Crippen molar-refractivity contribution in [3.8, 4) is 5.75 Å². The molecule has 2 rings (SSSR count). The maximum atomic E-state index is 12.6. The molecular weight excluding hydrogens is 282 g/mol. The minimum atomic E-state index is -3.82. The van der Waals surface area contributed by atoms with Crippen molar-refractivity contribution >= 4 is 16.0 Å². The molecule has 0 radical (unpaired) electrons. The third-order valence-corrected chi connectivity index (χ3v) is 5.27. The molecule has 1 N–H and O–H groups in total. The highest BCUT2D eigenvalue weighted by Crippen LogP contribution is 2.33. The van der Waals surface area contributed by atoms with Crippen molar-refractivity contribution in [2.75, 3.05) is 13.7 Å². The molecule has 20 heavy (non-hydrogen) atoms. The van der Waals surface area contributed by atoms with Crippen LogP contribution in [0.5, 0.6) is 5.75 Å². The van der Waals surface area contributed by atoms with Crippen LogP contribution in [0.3, 0.4) is 0 Å². The van der Waals surface area contributed by atoms with Crippen molar-refractivity contribution in [3.63, 3.8) is 0 Å². The first-order chi connectivity index (χ1) is 9.36. The van der Waals surface area contributed by atoms with E-state index in [0.717, 1.165) is 4.31 Å². The Morgan fingerprint density at radius 1 is 1.45 bits per heavy atom. The monoisotopic (exact) mass is 299 g/mol. The largest absolute Gasteiger partial charge is 0.497 e. The zero-order valence-corrected chi connectivity index (χ0v) is 12.2. The average Bonchev–Trinajstić information content (AvgIpc) is 3.20. The molecule has 1 aliphatic rings. The van der Waals surface area contributed by atoms with Gasteiger partial charge >= 0.3 is 5.97 Å². The summed E-state index contributed by atoms with van der Waals surface area (Å²) in [5.74, 6) is -0.721. The summed E-state index contributed by atoms with van der Waals surface area (Å²) in [6.07, 6.45) is 1.41. The molecule has 0 aromatic heterocycles. The topological polar surface area (TPSA) is 83.9 Å². The van der Waals surface area contributed by atoms with Gasteiger partial charge in [-0.25, -0.2) is 8.42 Å². The fraction of sp³-hybridized carbons (Fsp3) is 0.462. The lowest BCUT2D eigenvalue weighted by Gasteiger charge is -2.21. The fourth-order valence-electron chi connectivity index (χ4n) is 2.02. The predicted octanol–water partition coefficient (Wildman–Crippen LogP) is 1.24. The average molecular weight is 299 g/mol. The molecular formula is C13H17NO5S. The van der Waals surface area contributed by atoms with E-state index in [-0.39, 0.29) is 10.9 Å². The summed E-state index contributed by atoms with van der Waals surface area (Å²) < 4.78 is 31.4. The van der Waals surface area contributed by atoms with Gasteiger partial charge in [-0.3, -0.25) is 4.79 Å². The number of nitrogens with zero attached hydrogens (tertiary/aromatic N) is 1. The van der Waals surface area contributed by atoms with Gasteiger partial charge in [0.05, 0.1) is 12.0 Å². The van der Waals surface area contributed by atoms with Crippen molar-refractivity contribution in [2.45, 2.75) is 30.7 Å². The molecule has 1 aliphatic carbocycles.